The van der Waals surface area contributed by atoms with Gasteiger partial charge in [-0.25, -0.2) is 8.42 Å². The van der Waals surface area contributed by atoms with Crippen molar-refractivity contribution >= 4 is 21.6 Å². The lowest BCUT2D eigenvalue weighted by Crippen LogP contribution is -2.47. The first-order chi connectivity index (χ1) is 19.1. The zero-order valence-electron chi connectivity index (χ0n) is 23.6. The average molecular weight is 566 g/mol. The summed E-state index contributed by atoms with van der Waals surface area (Å²) in [4.78, 5) is 17.5. The van der Waals surface area contributed by atoms with Crippen LogP contribution in [0.15, 0.2) is 77.7 Å². The van der Waals surface area contributed by atoms with Gasteiger partial charge in [-0.2, -0.15) is 0 Å². The number of benzene rings is 3. The summed E-state index contributed by atoms with van der Waals surface area (Å²) in [5.74, 6) is 0.381. The maximum absolute atomic E-state index is 13.5. The van der Waals surface area contributed by atoms with E-state index in [-0.39, 0.29) is 41.9 Å². The summed E-state index contributed by atoms with van der Waals surface area (Å²) in [5, 5.41) is 9.88. The number of nitrogens with zero attached hydrogens (tertiary/aromatic N) is 2. The van der Waals surface area contributed by atoms with Crippen molar-refractivity contribution in [3.05, 3.63) is 89.5 Å². The van der Waals surface area contributed by atoms with E-state index in [2.05, 4.69) is 28.7 Å². The van der Waals surface area contributed by atoms with E-state index in [0.717, 1.165) is 12.1 Å². The van der Waals surface area contributed by atoms with Gasteiger partial charge in [0.1, 0.15) is 11.9 Å². The summed E-state index contributed by atoms with van der Waals surface area (Å²) in [6.07, 6.45) is -0.221. The Labute approximate surface area is 237 Å². The fourth-order valence-electron chi connectivity index (χ4n) is 4.91. The Hall–Kier alpha value is -3.40. The number of hydrogen-bond acceptors (Lipinski definition) is 6. The number of likely N-dealkylation sites (N-methyl/N-ethyl adjacent to an activating group) is 1. The second-order valence-electron chi connectivity index (χ2n) is 10.8. The van der Waals surface area contributed by atoms with Crippen LogP contribution in [0.4, 0.5) is 5.69 Å². The van der Waals surface area contributed by atoms with Gasteiger partial charge in [-0.1, -0.05) is 55.0 Å². The number of carbonyl (C=O) groups is 1. The van der Waals surface area contributed by atoms with Gasteiger partial charge in [-0.05, 0) is 56.8 Å². The van der Waals surface area contributed by atoms with Crippen LogP contribution in [0.3, 0.4) is 0 Å². The standard InChI is InChI=1S/C31H39N3O5S/c1-22-10-13-28(14-11-22)40(37,38)32-27-12-15-29-26(16-27)17-31(36)34(24(3)21-35)18-23(2)30(39-29)20-33(4)19-25-8-6-5-7-9-25/h5-16,23-24,30,32,35H,17-21H2,1-4H3/t23-,24+,30+/m1/s1. The molecular formula is C31H39N3O5S. The molecule has 0 aliphatic carbocycles. The molecule has 8 nitrogen and oxygen atoms in total. The van der Waals surface area contributed by atoms with Crippen molar-refractivity contribution in [3.63, 3.8) is 0 Å². The third-order valence-electron chi connectivity index (χ3n) is 7.29. The molecule has 0 bridgehead atoms. The van der Waals surface area contributed by atoms with E-state index in [9.17, 15) is 18.3 Å². The smallest absolute Gasteiger partial charge is 0.261 e. The van der Waals surface area contributed by atoms with E-state index in [0.29, 0.717) is 30.1 Å². The van der Waals surface area contributed by atoms with Crippen LogP contribution >= 0.6 is 0 Å². The first kappa shape index (κ1) is 29.6. The Bertz CT molecular complexity index is 1400. The molecule has 9 heteroatoms. The van der Waals surface area contributed by atoms with Crippen molar-refractivity contribution in [2.24, 2.45) is 5.92 Å². The molecule has 0 aromatic heterocycles. The number of aliphatic hydroxyl groups is 1. The molecule has 0 fully saturated rings. The van der Waals surface area contributed by atoms with E-state index in [1.54, 1.807) is 47.4 Å². The minimum absolute atomic E-state index is 0.0261. The predicted octanol–water partition coefficient (Wildman–Crippen LogP) is 4.08. The lowest BCUT2D eigenvalue weighted by molar-refractivity contribution is -0.134. The predicted molar refractivity (Wildman–Crippen MR) is 157 cm³/mol. The number of rotatable bonds is 9. The van der Waals surface area contributed by atoms with E-state index < -0.39 is 10.0 Å². The van der Waals surface area contributed by atoms with Crippen molar-refractivity contribution < 1.29 is 23.1 Å². The number of ether oxygens (including phenoxy) is 1. The number of aliphatic hydroxyl groups excluding tert-OH is 1. The second kappa shape index (κ2) is 12.8. The van der Waals surface area contributed by atoms with Crippen LogP contribution in [0.5, 0.6) is 5.75 Å². The largest absolute Gasteiger partial charge is 0.488 e. The maximum Gasteiger partial charge on any atom is 0.261 e. The highest BCUT2D eigenvalue weighted by Gasteiger charge is 2.31. The van der Waals surface area contributed by atoms with E-state index in [1.165, 1.54) is 5.56 Å². The van der Waals surface area contributed by atoms with Crippen molar-refractivity contribution in [1.82, 2.24) is 9.80 Å². The van der Waals surface area contributed by atoms with Gasteiger partial charge >= 0.3 is 0 Å². The molecule has 0 saturated heterocycles. The molecule has 1 aliphatic heterocycles. The average Bonchev–Trinajstić information content (AvgIpc) is 2.96. The SMILES string of the molecule is Cc1ccc(S(=O)(=O)Nc2ccc3c(c2)CC(=O)N([C@@H](C)CO)C[C@@H](C)[C@H](CN(C)Cc2ccccc2)O3)cc1. The van der Waals surface area contributed by atoms with Crippen LogP contribution in [0.2, 0.25) is 0 Å². The molecule has 2 N–H and O–H groups in total. The molecular weight excluding hydrogens is 526 g/mol. The molecule has 0 unspecified atom stereocenters. The highest BCUT2D eigenvalue weighted by atomic mass is 32.2. The minimum atomic E-state index is -3.81. The number of fused-ring (bicyclic) bond motifs is 1. The van der Waals surface area contributed by atoms with Gasteiger partial charge in [0.15, 0.2) is 0 Å². The molecule has 1 aliphatic rings. The third-order valence-corrected chi connectivity index (χ3v) is 8.68. The summed E-state index contributed by atoms with van der Waals surface area (Å²) >= 11 is 0. The van der Waals surface area contributed by atoms with Crippen LogP contribution in [0.25, 0.3) is 0 Å². The summed E-state index contributed by atoms with van der Waals surface area (Å²) in [6.45, 7) is 7.43. The molecule has 0 saturated carbocycles. The summed E-state index contributed by atoms with van der Waals surface area (Å²) in [5.41, 5.74) is 3.10. The van der Waals surface area contributed by atoms with Crippen LogP contribution in [0, 0.1) is 12.8 Å². The van der Waals surface area contributed by atoms with Gasteiger partial charge in [0.05, 0.1) is 24.0 Å². The van der Waals surface area contributed by atoms with Crippen molar-refractivity contribution in [2.75, 3.05) is 31.5 Å². The van der Waals surface area contributed by atoms with Crippen molar-refractivity contribution in [3.8, 4) is 5.75 Å². The number of aryl methyl sites for hydroxylation is 1. The highest BCUT2D eigenvalue weighted by Crippen LogP contribution is 2.30. The van der Waals surface area contributed by atoms with Gasteiger partial charge in [0, 0.05) is 36.8 Å². The van der Waals surface area contributed by atoms with Gasteiger partial charge in [-0.3, -0.25) is 14.4 Å². The van der Waals surface area contributed by atoms with Gasteiger partial charge in [0.25, 0.3) is 10.0 Å². The minimum Gasteiger partial charge on any atom is -0.488 e. The zero-order chi connectivity index (χ0) is 28.9. The normalized spacial score (nSPS) is 18.8. The Morgan fingerprint density at radius 3 is 2.48 bits per heavy atom. The number of carbonyl (C=O) groups excluding carboxylic acids is 1. The number of amides is 1. The summed E-state index contributed by atoms with van der Waals surface area (Å²) in [7, 11) is -1.77. The lowest BCUT2D eigenvalue weighted by Gasteiger charge is -2.34. The van der Waals surface area contributed by atoms with Gasteiger partial charge in [-0.15, -0.1) is 0 Å². The van der Waals surface area contributed by atoms with E-state index in [4.69, 9.17) is 4.74 Å². The molecule has 40 heavy (non-hydrogen) atoms. The third kappa shape index (κ3) is 7.41. The Morgan fingerprint density at radius 1 is 1.10 bits per heavy atom. The van der Waals surface area contributed by atoms with Crippen molar-refractivity contribution in [2.45, 2.75) is 50.8 Å². The topological polar surface area (TPSA) is 99.2 Å². The molecule has 3 aromatic rings. The highest BCUT2D eigenvalue weighted by molar-refractivity contribution is 7.92. The Balaban J connectivity index is 1.63. The van der Waals surface area contributed by atoms with Crippen LogP contribution in [-0.4, -0.2) is 68.1 Å². The Kier molecular flexibility index (Phi) is 9.50. The maximum atomic E-state index is 13.5. The molecule has 1 amide bonds. The van der Waals surface area contributed by atoms with E-state index >= 15 is 0 Å². The second-order valence-corrected chi connectivity index (χ2v) is 12.5. The van der Waals surface area contributed by atoms with E-state index in [1.807, 2.05) is 39.1 Å². The molecule has 3 atom stereocenters. The van der Waals surface area contributed by atoms with Crippen LogP contribution < -0.4 is 9.46 Å². The van der Waals surface area contributed by atoms with Crippen LogP contribution in [0.1, 0.15) is 30.5 Å². The van der Waals surface area contributed by atoms with Gasteiger partial charge < -0.3 is 14.7 Å². The quantitative estimate of drug-likeness (QED) is 0.406. The van der Waals surface area contributed by atoms with Crippen molar-refractivity contribution in [1.29, 1.82) is 0 Å². The molecule has 0 spiro atoms. The van der Waals surface area contributed by atoms with Gasteiger partial charge in [0.2, 0.25) is 5.91 Å². The monoisotopic (exact) mass is 565 g/mol. The molecule has 1 heterocycles. The molecule has 214 valence electrons. The number of anilines is 1. The number of hydrogen-bond donors (Lipinski definition) is 2. The molecule has 3 aromatic carbocycles. The number of nitrogens with one attached hydrogen (secondary N) is 1. The fraction of sp³-hybridized carbons (Fsp3) is 0.387. The zero-order valence-corrected chi connectivity index (χ0v) is 24.4. The first-order valence-corrected chi connectivity index (χ1v) is 15.1. The number of sulfonamides is 1. The first-order valence-electron chi connectivity index (χ1n) is 13.6. The fourth-order valence-corrected chi connectivity index (χ4v) is 5.96. The Morgan fingerprint density at radius 2 is 1.80 bits per heavy atom. The van der Waals surface area contributed by atoms with Crippen LogP contribution in [-0.2, 0) is 27.8 Å². The lowest BCUT2D eigenvalue weighted by atomic mass is 10.0. The summed E-state index contributed by atoms with van der Waals surface area (Å²) in [6, 6.07) is 21.5. The molecule has 0 radical (unpaired) electrons. The summed E-state index contributed by atoms with van der Waals surface area (Å²) < 4.78 is 35.2. The molecule has 4 rings (SSSR count).